The molecule has 4 N–H and O–H groups in total. The number of fused-ring (bicyclic) bond motifs is 2. The molecule has 0 atom stereocenters. The standard InChI is InChI=1S/2C8H10N4O2.2C6H10O4/c2*1-10-4-9-6-5(10)7(13)12(3)8(14)11(6)2;2*7-5(8)3-1-2-4-6(9)10/h2*4H,1-3H3;2*1-4H2,(H,7,8)(H,9,10). The number of aliphatic carboxylic acids is 4. The molecule has 4 aromatic heterocycles. The predicted octanol–water partition coefficient (Wildman–Crippen LogP) is -0.627. The molecule has 4 rings (SSSR count). The van der Waals surface area contributed by atoms with Crippen LogP contribution in [0.25, 0.3) is 22.3 Å². The molecular formula is C28H40N8O12. The Morgan fingerprint density at radius 3 is 0.979 bits per heavy atom. The summed E-state index contributed by atoms with van der Waals surface area (Å²) in [6.07, 6.45) is 5.07. The number of aromatic nitrogens is 8. The Morgan fingerprint density at radius 1 is 0.500 bits per heavy atom. The molecule has 264 valence electrons. The highest BCUT2D eigenvalue weighted by molar-refractivity contribution is 5.70. The van der Waals surface area contributed by atoms with Crippen LogP contribution in [0, 0.1) is 0 Å². The van der Waals surface area contributed by atoms with Gasteiger partial charge in [0.1, 0.15) is 0 Å². The third kappa shape index (κ3) is 11.2. The van der Waals surface area contributed by atoms with Gasteiger partial charge >= 0.3 is 35.3 Å². The van der Waals surface area contributed by atoms with Gasteiger partial charge in [-0.1, -0.05) is 0 Å². The number of carbonyl (C=O) groups is 4. The summed E-state index contributed by atoms with van der Waals surface area (Å²) in [5.41, 5.74) is 0.360. The van der Waals surface area contributed by atoms with Crippen LogP contribution in [0.1, 0.15) is 51.4 Å². The van der Waals surface area contributed by atoms with E-state index in [1.54, 1.807) is 37.3 Å². The fourth-order valence-electron chi connectivity index (χ4n) is 4.05. The normalized spacial score (nSPS) is 10.3. The zero-order chi connectivity index (χ0) is 36.9. The zero-order valence-corrected chi connectivity index (χ0v) is 27.4. The van der Waals surface area contributed by atoms with Gasteiger partial charge in [0, 0.05) is 68.0 Å². The highest BCUT2D eigenvalue weighted by Gasteiger charge is 2.13. The number of imidazole rings is 2. The summed E-state index contributed by atoms with van der Waals surface area (Å²) in [6.45, 7) is 0. The molecule has 0 fully saturated rings. The molecule has 20 heteroatoms. The Kier molecular flexibility index (Phi) is 15.4. The van der Waals surface area contributed by atoms with Crippen molar-refractivity contribution in [2.45, 2.75) is 51.4 Å². The lowest BCUT2D eigenvalue weighted by atomic mass is 10.2. The Hall–Kier alpha value is -5.82. The van der Waals surface area contributed by atoms with Crippen LogP contribution < -0.4 is 22.5 Å². The maximum atomic E-state index is 11.7. The largest absolute Gasteiger partial charge is 0.481 e. The maximum Gasteiger partial charge on any atom is 0.332 e. The molecule has 0 aliphatic rings. The first-order valence-electron chi connectivity index (χ1n) is 14.3. The van der Waals surface area contributed by atoms with Gasteiger partial charge in [-0.15, -0.1) is 0 Å². The minimum atomic E-state index is -0.870. The van der Waals surface area contributed by atoms with Crippen molar-refractivity contribution in [3.05, 3.63) is 54.3 Å². The third-order valence-electron chi connectivity index (χ3n) is 6.70. The van der Waals surface area contributed by atoms with Crippen LogP contribution in [0.3, 0.4) is 0 Å². The topological polar surface area (TPSA) is 273 Å². The van der Waals surface area contributed by atoms with Crippen molar-refractivity contribution in [2.75, 3.05) is 0 Å². The minimum absolute atomic E-state index is 0.0628. The monoisotopic (exact) mass is 680 g/mol. The minimum Gasteiger partial charge on any atom is -0.481 e. The molecule has 0 aliphatic heterocycles. The van der Waals surface area contributed by atoms with Crippen molar-refractivity contribution in [2.24, 2.45) is 42.3 Å². The SMILES string of the molecule is Cn1c(=O)c2c(ncn2C)n(C)c1=O.Cn1c(=O)c2c(ncn2C)n(C)c1=O.O=C(O)CCCCC(=O)O.O=C(O)CCCCC(=O)O. The first-order chi connectivity index (χ1) is 22.3. The molecule has 0 amide bonds. The van der Waals surface area contributed by atoms with E-state index < -0.39 is 23.9 Å². The molecule has 4 aromatic rings. The van der Waals surface area contributed by atoms with Crippen molar-refractivity contribution < 1.29 is 39.6 Å². The van der Waals surface area contributed by atoms with Crippen LogP contribution in [0.4, 0.5) is 0 Å². The van der Waals surface area contributed by atoms with Gasteiger partial charge in [0.15, 0.2) is 22.3 Å². The van der Waals surface area contributed by atoms with Gasteiger partial charge in [-0.25, -0.2) is 19.6 Å². The number of hydrogen-bond acceptors (Lipinski definition) is 10. The van der Waals surface area contributed by atoms with E-state index in [0.717, 1.165) is 9.13 Å². The van der Waals surface area contributed by atoms with Crippen LogP contribution >= 0.6 is 0 Å². The van der Waals surface area contributed by atoms with Gasteiger partial charge in [0.2, 0.25) is 0 Å². The van der Waals surface area contributed by atoms with Gasteiger partial charge in [-0.05, 0) is 25.7 Å². The molecule has 0 bridgehead atoms. The Balaban J connectivity index is 0.000000325. The number of unbranched alkanes of at least 4 members (excludes halogenated alkanes) is 2. The van der Waals surface area contributed by atoms with E-state index in [2.05, 4.69) is 9.97 Å². The fraction of sp³-hybridized carbons (Fsp3) is 0.500. The molecule has 0 saturated carbocycles. The molecule has 0 unspecified atom stereocenters. The van der Waals surface area contributed by atoms with Crippen molar-refractivity contribution in [3.63, 3.8) is 0 Å². The number of rotatable bonds is 10. The smallest absolute Gasteiger partial charge is 0.332 e. The summed E-state index contributed by atoms with van der Waals surface area (Å²) in [5, 5.41) is 32.5. The highest BCUT2D eigenvalue weighted by atomic mass is 16.4. The predicted molar refractivity (Wildman–Crippen MR) is 170 cm³/mol. The molecule has 0 radical (unpaired) electrons. The molecule has 0 spiro atoms. The van der Waals surface area contributed by atoms with E-state index in [1.807, 2.05) is 0 Å². The second kappa shape index (κ2) is 18.4. The molecule has 0 saturated heterocycles. The first kappa shape index (κ1) is 40.2. The quantitative estimate of drug-likeness (QED) is 0.152. The molecule has 20 nitrogen and oxygen atoms in total. The van der Waals surface area contributed by atoms with Crippen molar-refractivity contribution >= 4 is 46.2 Å². The number of aryl methyl sites for hydroxylation is 4. The Bertz CT molecular complexity index is 1830. The third-order valence-corrected chi connectivity index (χ3v) is 6.70. The summed E-state index contributed by atoms with van der Waals surface area (Å²) in [4.78, 5) is 93.9. The highest BCUT2D eigenvalue weighted by Crippen LogP contribution is 2.03. The van der Waals surface area contributed by atoms with E-state index in [-0.39, 0.29) is 48.2 Å². The lowest BCUT2D eigenvalue weighted by Crippen LogP contribution is -2.37. The molecule has 0 aliphatic carbocycles. The summed E-state index contributed by atoms with van der Waals surface area (Å²) in [7, 11) is 9.55. The molecule has 4 heterocycles. The van der Waals surface area contributed by atoms with Crippen molar-refractivity contribution in [3.8, 4) is 0 Å². The average Bonchev–Trinajstić information content (AvgIpc) is 3.60. The van der Waals surface area contributed by atoms with Gasteiger partial charge in [0.25, 0.3) is 11.1 Å². The van der Waals surface area contributed by atoms with Crippen molar-refractivity contribution in [1.82, 2.24) is 37.4 Å². The average molecular weight is 681 g/mol. The molecular weight excluding hydrogens is 640 g/mol. The second-order valence-corrected chi connectivity index (χ2v) is 10.5. The number of hydrogen-bond donors (Lipinski definition) is 4. The first-order valence-corrected chi connectivity index (χ1v) is 14.3. The molecule has 0 aromatic carbocycles. The Labute approximate surface area is 271 Å². The summed E-state index contributed by atoms with van der Waals surface area (Å²) < 4.78 is 8.08. The lowest BCUT2D eigenvalue weighted by Gasteiger charge is -2.02. The zero-order valence-electron chi connectivity index (χ0n) is 27.4. The van der Waals surface area contributed by atoms with Crippen LogP contribution in [-0.2, 0) is 61.5 Å². The van der Waals surface area contributed by atoms with E-state index in [9.17, 15) is 38.4 Å². The summed E-state index contributed by atoms with van der Waals surface area (Å²) >= 11 is 0. The van der Waals surface area contributed by atoms with E-state index in [0.29, 0.717) is 48.0 Å². The van der Waals surface area contributed by atoms with Crippen LogP contribution in [0.5, 0.6) is 0 Å². The van der Waals surface area contributed by atoms with Crippen LogP contribution in [-0.4, -0.2) is 81.7 Å². The van der Waals surface area contributed by atoms with E-state index in [4.69, 9.17) is 20.4 Å². The Morgan fingerprint density at radius 2 is 0.750 bits per heavy atom. The fourth-order valence-corrected chi connectivity index (χ4v) is 4.05. The molecule has 48 heavy (non-hydrogen) atoms. The number of carboxylic acid groups (broad SMARTS) is 4. The van der Waals surface area contributed by atoms with Gasteiger partial charge in [0.05, 0.1) is 12.7 Å². The van der Waals surface area contributed by atoms with E-state index in [1.165, 1.54) is 35.9 Å². The number of carboxylic acids is 4. The van der Waals surface area contributed by atoms with Crippen molar-refractivity contribution in [1.29, 1.82) is 0 Å². The second-order valence-electron chi connectivity index (χ2n) is 10.5. The van der Waals surface area contributed by atoms with E-state index >= 15 is 0 Å². The maximum absolute atomic E-state index is 11.7. The van der Waals surface area contributed by atoms with Gasteiger partial charge in [-0.2, -0.15) is 0 Å². The van der Waals surface area contributed by atoms with Crippen LogP contribution in [0.15, 0.2) is 31.8 Å². The summed E-state index contributed by atoms with van der Waals surface area (Å²) in [5.74, 6) is -3.48. The van der Waals surface area contributed by atoms with Gasteiger partial charge < -0.3 is 29.6 Å². The van der Waals surface area contributed by atoms with Gasteiger partial charge in [-0.3, -0.25) is 47.0 Å². The lowest BCUT2D eigenvalue weighted by molar-refractivity contribution is -0.139. The van der Waals surface area contributed by atoms with Crippen LogP contribution in [0.2, 0.25) is 0 Å². The number of nitrogens with zero attached hydrogens (tertiary/aromatic N) is 8. The summed E-state index contributed by atoms with van der Waals surface area (Å²) in [6, 6.07) is 0.